The molecule has 0 aromatic carbocycles. The maximum Gasteiger partial charge on any atom is -0.0122 e. The van der Waals surface area contributed by atoms with Gasteiger partial charge in [0.15, 0.2) is 0 Å². The van der Waals surface area contributed by atoms with Crippen LogP contribution in [0.15, 0.2) is 0 Å². The Kier molecular flexibility index (Phi) is 25.7. The highest BCUT2D eigenvalue weighted by molar-refractivity contribution is 7.19. The van der Waals surface area contributed by atoms with E-state index in [0.29, 0.717) is 5.16 Å². The summed E-state index contributed by atoms with van der Waals surface area (Å²) in [6.45, 7) is 9.35. The number of rotatable bonds is 22. The molecule has 0 aromatic heterocycles. The van der Waals surface area contributed by atoms with Crippen molar-refractivity contribution in [2.24, 2.45) is 5.92 Å². The molecule has 2 atom stereocenters. The standard InChI is InChI=1S/C27H57P.ClH/c1-5-9-13-17-19-23-26(22-18-14-10-6-2)27(28,24-20-15-11-7-3)25-21-16-12-8-4;/h26H,5-25,28H2,1-4H3;1H. The zero-order chi connectivity index (χ0) is 20.9. The van der Waals surface area contributed by atoms with Gasteiger partial charge in [0, 0.05) is 0 Å². The third-order valence-corrected chi connectivity index (χ3v) is 7.92. The Balaban J connectivity index is 0. The molecule has 0 aliphatic rings. The number of hydrogen-bond donors (Lipinski definition) is 0. The van der Waals surface area contributed by atoms with Crippen molar-refractivity contribution in [3.8, 4) is 0 Å². The van der Waals surface area contributed by atoms with E-state index >= 15 is 0 Å². The van der Waals surface area contributed by atoms with Crippen LogP contribution in [0, 0.1) is 5.92 Å². The van der Waals surface area contributed by atoms with E-state index in [1.54, 1.807) is 0 Å². The molecule has 0 N–H and O–H groups in total. The lowest BCUT2D eigenvalue weighted by Gasteiger charge is -2.39. The molecular weight excluding hydrogens is 391 g/mol. The lowest BCUT2D eigenvalue weighted by atomic mass is 9.77. The maximum atomic E-state index is 3.46. The van der Waals surface area contributed by atoms with Gasteiger partial charge in [-0.2, -0.15) is 0 Å². The van der Waals surface area contributed by atoms with Crippen LogP contribution in [0.4, 0.5) is 0 Å². The maximum absolute atomic E-state index is 3.46. The quantitative estimate of drug-likeness (QED) is 0.114. The molecule has 0 radical (unpaired) electrons. The van der Waals surface area contributed by atoms with Crippen LogP contribution in [0.2, 0.25) is 0 Å². The highest BCUT2D eigenvalue weighted by atomic mass is 35.5. The Morgan fingerprint density at radius 3 is 1.17 bits per heavy atom. The molecule has 0 spiro atoms. The molecule has 0 nitrogen and oxygen atoms in total. The molecular formula is C27H58ClP. The van der Waals surface area contributed by atoms with Crippen LogP contribution in [0.5, 0.6) is 0 Å². The van der Waals surface area contributed by atoms with E-state index in [1.807, 2.05) is 0 Å². The smallest absolute Gasteiger partial charge is 0.0122 e. The fourth-order valence-corrected chi connectivity index (χ4v) is 5.57. The zero-order valence-electron chi connectivity index (χ0n) is 20.9. The highest BCUT2D eigenvalue weighted by Crippen LogP contribution is 2.44. The van der Waals surface area contributed by atoms with Crippen LogP contribution >= 0.6 is 21.6 Å². The predicted molar refractivity (Wildman–Crippen MR) is 143 cm³/mol. The zero-order valence-corrected chi connectivity index (χ0v) is 22.9. The van der Waals surface area contributed by atoms with E-state index in [0.717, 1.165) is 5.92 Å². The molecule has 178 valence electrons. The number of hydrogen-bond acceptors (Lipinski definition) is 0. The Hall–Kier alpha value is 0.720. The molecule has 0 rings (SSSR count). The minimum absolute atomic E-state index is 0. The first kappa shape index (κ1) is 31.9. The average Bonchev–Trinajstić information content (AvgIpc) is 2.70. The average molecular weight is 449 g/mol. The number of halogens is 1. The molecule has 0 saturated carbocycles. The summed E-state index contributed by atoms with van der Waals surface area (Å²) in [4.78, 5) is 0. The van der Waals surface area contributed by atoms with Gasteiger partial charge in [-0.3, -0.25) is 0 Å². The molecule has 2 unspecified atom stereocenters. The van der Waals surface area contributed by atoms with E-state index in [-0.39, 0.29) is 12.4 Å². The van der Waals surface area contributed by atoms with Crippen molar-refractivity contribution in [3.05, 3.63) is 0 Å². The van der Waals surface area contributed by atoms with E-state index < -0.39 is 0 Å². The number of unbranched alkanes of at least 4 members (excludes halogenated alkanes) is 13. The third kappa shape index (κ3) is 18.0. The van der Waals surface area contributed by atoms with Crippen LogP contribution in [0.3, 0.4) is 0 Å². The second-order valence-corrected chi connectivity index (χ2v) is 10.8. The topological polar surface area (TPSA) is 0 Å². The van der Waals surface area contributed by atoms with Crippen LogP contribution < -0.4 is 0 Å². The van der Waals surface area contributed by atoms with Crippen molar-refractivity contribution in [1.82, 2.24) is 0 Å². The second kappa shape index (κ2) is 23.4. The van der Waals surface area contributed by atoms with Crippen LogP contribution in [-0.4, -0.2) is 5.16 Å². The normalized spacial score (nSPS) is 12.7. The first-order chi connectivity index (χ1) is 13.6. The molecule has 0 aromatic rings. The third-order valence-electron chi connectivity index (χ3n) is 6.87. The molecule has 0 amide bonds. The molecule has 0 heterocycles. The summed E-state index contributed by atoms with van der Waals surface area (Å²) in [6, 6.07) is 0. The van der Waals surface area contributed by atoms with E-state index in [9.17, 15) is 0 Å². The fourth-order valence-electron chi connectivity index (χ4n) is 4.83. The minimum Gasteiger partial charge on any atom is -0.147 e. The largest absolute Gasteiger partial charge is 0.147 e. The second-order valence-electron chi connectivity index (χ2n) is 9.60. The van der Waals surface area contributed by atoms with Crippen molar-refractivity contribution < 1.29 is 0 Å². The van der Waals surface area contributed by atoms with Crippen LogP contribution in [-0.2, 0) is 0 Å². The fraction of sp³-hybridized carbons (Fsp3) is 1.00. The lowest BCUT2D eigenvalue weighted by Crippen LogP contribution is -2.32. The molecule has 0 aliphatic heterocycles. The molecule has 2 heteroatoms. The van der Waals surface area contributed by atoms with Crippen molar-refractivity contribution in [2.45, 2.75) is 168 Å². The highest BCUT2D eigenvalue weighted by Gasteiger charge is 2.32. The van der Waals surface area contributed by atoms with Crippen LogP contribution in [0.1, 0.15) is 163 Å². The van der Waals surface area contributed by atoms with Crippen molar-refractivity contribution in [2.75, 3.05) is 0 Å². The Morgan fingerprint density at radius 2 is 0.793 bits per heavy atom. The van der Waals surface area contributed by atoms with E-state index in [2.05, 4.69) is 36.9 Å². The van der Waals surface area contributed by atoms with Gasteiger partial charge in [-0.15, -0.1) is 21.6 Å². The predicted octanol–water partition coefficient (Wildman–Crippen LogP) is 10.9. The Morgan fingerprint density at radius 1 is 0.483 bits per heavy atom. The van der Waals surface area contributed by atoms with Gasteiger partial charge in [-0.25, -0.2) is 0 Å². The Labute approximate surface area is 195 Å². The van der Waals surface area contributed by atoms with Crippen molar-refractivity contribution >= 4 is 21.6 Å². The molecule has 29 heavy (non-hydrogen) atoms. The van der Waals surface area contributed by atoms with Gasteiger partial charge in [0.25, 0.3) is 0 Å². The summed E-state index contributed by atoms with van der Waals surface area (Å²) in [6.07, 6.45) is 30.1. The summed E-state index contributed by atoms with van der Waals surface area (Å²) in [5.41, 5.74) is 0. The summed E-state index contributed by atoms with van der Waals surface area (Å²) in [5, 5.41) is 0.526. The first-order valence-electron chi connectivity index (χ1n) is 13.4. The van der Waals surface area contributed by atoms with Gasteiger partial charge in [-0.05, 0) is 36.8 Å². The van der Waals surface area contributed by atoms with Gasteiger partial charge in [0.2, 0.25) is 0 Å². The minimum atomic E-state index is 0. The molecule has 0 aliphatic carbocycles. The van der Waals surface area contributed by atoms with Crippen molar-refractivity contribution in [3.63, 3.8) is 0 Å². The monoisotopic (exact) mass is 448 g/mol. The van der Waals surface area contributed by atoms with Gasteiger partial charge in [0.1, 0.15) is 0 Å². The van der Waals surface area contributed by atoms with Crippen LogP contribution in [0.25, 0.3) is 0 Å². The van der Waals surface area contributed by atoms with E-state index in [4.69, 9.17) is 0 Å². The molecule has 0 saturated heterocycles. The van der Waals surface area contributed by atoms with Gasteiger partial charge in [0.05, 0.1) is 0 Å². The first-order valence-corrected chi connectivity index (χ1v) is 14.0. The summed E-state index contributed by atoms with van der Waals surface area (Å²) in [5.74, 6) is 0.944. The summed E-state index contributed by atoms with van der Waals surface area (Å²) in [7, 11) is 3.46. The molecule has 0 fully saturated rings. The van der Waals surface area contributed by atoms with Gasteiger partial charge >= 0.3 is 0 Å². The van der Waals surface area contributed by atoms with Crippen molar-refractivity contribution in [1.29, 1.82) is 0 Å². The lowest BCUT2D eigenvalue weighted by molar-refractivity contribution is 0.270. The van der Waals surface area contributed by atoms with E-state index in [1.165, 1.54) is 135 Å². The Bertz CT molecular complexity index is 293. The van der Waals surface area contributed by atoms with Gasteiger partial charge in [-0.1, -0.05) is 137 Å². The van der Waals surface area contributed by atoms with Gasteiger partial charge < -0.3 is 0 Å². The summed E-state index contributed by atoms with van der Waals surface area (Å²) >= 11 is 0. The molecule has 0 bridgehead atoms. The SMILES string of the molecule is CCCCCCCC(CCCCCC)C(P)(CCCCCC)CCCCCC.Cl. The summed E-state index contributed by atoms with van der Waals surface area (Å²) < 4.78 is 0.